The fourth-order valence-corrected chi connectivity index (χ4v) is 4.41. The highest BCUT2D eigenvalue weighted by Crippen LogP contribution is 2.42. The molecule has 1 unspecified atom stereocenters. The van der Waals surface area contributed by atoms with E-state index in [2.05, 4.69) is 35.6 Å². The molecule has 1 saturated carbocycles. The average Bonchev–Trinajstić information content (AvgIpc) is 3.52. The summed E-state index contributed by atoms with van der Waals surface area (Å²) in [5.41, 5.74) is 6.73. The van der Waals surface area contributed by atoms with Gasteiger partial charge in [-0.2, -0.15) is 0 Å². The maximum absolute atomic E-state index is 11.6. The number of imidazole rings is 1. The van der Waals surface area contributed by atoms with E-state index >= 15 is 0 Å². The zero-order chi connectivity index (χ0) is 20.8. The normalized spacial score (nSPS) is 18.9. The molecule has 0 bridgehead atoms. The van der Waals surface area contributed by atoms with E-state index < -0.39 is 5.97 Å². The lowest BCUT2D eigenvalue weighted by molar-refractivity contribution is 0.0696. The molecule has 1 fully saturated rings. The predicted octanol–water partition coefficient (Wildman–Crippen LogP) is 5.37. The number of aromatic carboxylic acids is 1. The molecule has 0 spiro atoms. The van der Waals surface area contributed by atoms with E-state index in [0.29, 0.717) is 17.4 Å². The Morgan fingerprint density at radius 3 is 2.73 bits per heavy atom. The van der Waals surface area contributed by atoms with Gasteiger partial charge in [0.25, 0.3) is 0 Å². The van der Waals surface area contributed by atoms with E-state index in [-0.39, 0.29) is 0 Å². The van der Waals surface area contributed by atoms with Crippen molar-refractivity contribution < 1.29 is 9.90 Å². The largest absolute Gasteiger partial charge is 0.478 e. The quantitative estimate of drug-likeness (QED) is 0.627. The molecule has 1 aromatic carbocycles. The Labute approximate surface area is 175 Å². The molecule has 2 heterocycles. The number of allylic oxidation sites excluding steroid dienone is 4. The van der Waals surface area contributed by atoms with Gasteiger partial charge < -0.3 is 9.67 Å². The Morgan fingerprint density at radius 2 is 2.00 bits per heavy atom. The Balaban J connectivity index is 1.52. The van der Waals surface area contributed by atoms with Gasteiger partial charge in [0.1, 0.15) is 11.3 Å². The highest BCUT2D eigenvalue weighted by Gasteiger charge is 2.31. The molecule has 2 aliphatic carbocycles. The number of aryl methyl sites for hydroxylation is 1. The van der Waals surface area contributed by atoms with Crippen LogP contribution in [0.5, 0.6) is 0 Å². The molecule has 0 aliphatic heterocycles. The number of nitrogens with zero attached hydrogens (tertiary/aromatic N) is 3. The number of aromatic nitrogens is 3. The first kappa shape index (κ1) is 18.8. The van der Waals surface area contributed by atoms with Crippen molar-refractivity contribution in [3.05, 3.63) is 76.8 Å². The van der Waals surface area contributed by atoms with Gasteiger partial charge in [-0.25, -0.2) is 14.8 Å². The van der Waals surface area contributed by atoms with Gasteiger partial charge in [-0.15, -0.1) is 0 Å². The van der Waals surface area contributed by atoms with Crippen LogP contribution in [-0.2, 0) is 6.54 Å². The number of hydrogen-bond donors (Lipinski definition) is 1. The third-order valence-electron chi connectivity index (χ3n) is 6.31. The highest BCUT2D eigenvalue weighted by atomic mass is 16.4. The number of carboxylic acid groups (broad SMARTS) is 1. The zero-order valence-electron chi connectivity index (χ0n) is 17.3. The third-order valence-corrected chi connectivity index (χ3v) is 6.31. The maximum Gasteiger partial charge on any atom is 0.336 e. The van der Waals surface area contributed by atoms with Crippen molar-refractivity contribution in [2.24, 2.45) is 5.92 Å². The number of pyridine rings is 1. The minimum atomic E-state index is -0.880. The molecule has 2 aliphatic rings. The summed E-state index contributed by atoms with van der Waals surface area (Å²) in [5.74, 6) is 1.15. The van der Waals surface area contributed by atoms with Crippen LogP contribution in [0.2, 0.25) is 0 Å². The number of hydrogen-bond acceptors (Lipinski definition) is 3. The third kappa shape index (κ3) is 3.24. The molecule has 1 atom stereocenters. The second-order valence-corrected chi connectivity index (χ2v) is 8.52. The van der Waals surface area contributed by atoms with Crippen LogP contribution in [-0.4, -0.2) is 25.6 Å². The van der Waals surface area contributed by atoms with Gasteiger partial charge in [0, 0.05) is 18.7 Å². The minimum Gasteiger partial charge on any atom is -0.478 e. The molecule has 0 radical (unpaired) electrons. The van der Waals surface area contributed by atoms with Crippen LogP contribution < -0.4 is 0 Å². The molecule has 5 nitrogen and oxygen atoms in total. The summed E-state index contributed by atoms with van der Waals surface area (Å²) in [6.45, 7) is 5.09. The lowest BCUT2D eigenvalue weighted by Gasteiger charge is -2.24. The van der Waals surface area contributed by atoms with E-state index in [9.17, 15) is 9.90 Å². The Morgan fingerprint density at radius 1 is 1.20 bits per heavy atom. The van der Waals surface area contributed by atoms with Crippen LogP contribution in [0.1, 0.15) is 59.4 Å². The van der Waals surface area contributed by atoms with Gasteiger partial charge in [-0.1, -0.05) is 37.3 Å². The number of rotatable bonds is 5. The summed E-state index contributed by atoms with van der Waals surface area (Å²) >= 11 is 0. The topological polar surface area (TPSA) is 68.0 Å². The van der Waals surface area contributed by atoms with Gasteiger partial charge in [0.05, 0.1) is 5.56 Å². The maximum atomic E-state index is 11.6. The van der Waals surface area contributed by atoms with Crippen molar-refractivity contribution in [2.75, 3.05) is 0 Å². The molecule has 152 valence electrons. The summed E-state index contributed by atoms with van der Waals surface area (Å²) in [6, 6.07) is 9.28. The monoisotopic (exact) mass is 399 g/mol. The Kier molecular flexibility index (Phi) is 4.54. The average molecular weight is 399 g/mol. The van der Waals surface area contributed by atoms with Crippen LogP contribution in [0.25, 0.3) is 16.7 Å². The molecule has 3 aromatic rings. The zero-order valence-corrected chi connectivity index (χ0v) is 17.3. The van der Waals surface area contributed by atoms with Crippen LogP contribution in [0.4, 0.5) is 0 Å². The summed E-state index contributed by atoms with van der Waals surface area (Å²) in [7, 11) is 0. The predicted molar refractivity (Wildman–Crippen MR) is 117 cm³/mol. The lowest BCUT2D eigenvalue weighted by atomic mass is 9.84. The SMILES string of the molecule is Cc1ccnc2c1nc(C1CC1)n2CC1=CC=C(c2ccccc2C(=O)O)CC1C. The van der Waals surface area contributed by atoms with Crippen molar-refractivity contribution in [2.45, 2.75) is 45.6 Å². The van der Waals surface area contributed by atoms with Crippen molar-refractivity contribution in [3.8, 4) is 0 Å². The second kappa shape index (κ2) is 7.24. The second-order valence-electron chi connectivity index (χ2n) is 8.52. The van der Waals surface area contributed by atoms with Crippen LogP contribution in [0.3, 0.4) is 0 Å². The van der Waals surface area contributed by atoms with Crippen molar-refractivity contribution >= 4 is 22.7 Å². The van der Waals surface area contributed by atoms with Crippen LogP contribution in [0.15, 0.2) is 54.3 Å². The van der Waals surface area contributed by atoms with Crippen molar-refractivity contribution in [3.63, 3.8) is 0 Å². The van der Waals surface area contributed by atoms with E-state index in [1.54, 1.807) is 12.1 Å². The van der Waals surface area contributed by atoms with Gasteiger partial charge in [-0.3, -0.25) is 0 Å². The molecular formula is C25H25N3O2. The smallest absolute Gasteiger partial charge is 0.336 e. The molecule has 1 N–H and O–H groups in total. The van der Waals surface area contributed by atoms with Crippen LogP contribution in [0, 0.1) is 12.8 Å². The molecule has 5 heteroatoms. The van der Waals surface area contributed by atoms with Crippen LogP contribution >= 0.6 is 0 Å². The molecule has 0 saturated heterocycles. The van der Waals surface area contributed by atoms with E-state index in [4.69, 9.17) is 4.98 Å². The molecular weight excluding hydrogens is 374 g/mol. The summed E-state index contributed by atoms with van der Waals surface area (Å²) in [4.78, 5) is 21.2. The highest BCUT2D eigenvalue weighted by molar-refractivity contribution is 5.94. The summed E-state index contributed by atoms with van der Waals surface area (Å²) in [5, 5.41) is 9.54. The fraction of sp³-hybridized carbons (Fsp3) is 0.320. The number of benzene rings is 1. The minimum absolute atomic E-state index is 0.321. The van der Waals surface area contributed by atoms with Gasteiger partial charge in [-0.05, 0) is 66.5 Å². The van der Waals surface area contributed by atoms with E-state index in [1.165, 1.54) is 24.0 Å². The van der Waals surface area contributed by atoms with Crippen molar-refractivity contribution in [1.82, 2.24) is 14.5 Å². The van der Waals surface area contributed by atoms with Crippen molar-refractivity contribution in [1.29, 1.82) is 0 Å². The fourth-order valence-electron chi connectivity index (χ4n) is 4.41. The first-order valence-electron chi connectivity index (χ1n) is 10.6. The lowest BCUT2D eigenvalue weighted by Crippen LogP contribution is -2.14. The van der Waals surface area contributed by atoms with E-state index in [0.717, 1.165) is 41.1 Å². The first-order valence-corrected chi connectivity index (χ1v) is 10.6. The Bertz CT molecular complexity index is 1210. The molecule has 2 aromatic heterocycles. The molecule has 5 rings (SSSR count). The van der Waals surface area contributed by atoms with Gasteiger partial charge in [0.2, 0.25) is 0 Å². The number of carboxylic acids is 1. The van der Waals surface area contributed by atoms with Gasteiger partial charge >= 0.3 is 5.97 Å². The first-order chi connectivity index (χ1) is 14.5. The Hall–Kier alpha value is -3.21. The van der Waals surface area contributed by atoms with Gasteiger partial charge in [0.15, 0.2) is 5.65 Å². The number of fused-ring (bicyclic) bond motifs is 1. The van der Waals surface area contributed by atoms with E-state index in [1.807, 2.05) is 24.4 Å². The summed E-state index contributed by atoms with van der Waals surface area (Å²) < 4.78 is 2.30. The number of carbonyl (C=O) groups is 1. The standard InChI is InChI=1S/C25H25N3O2/c1-15-11-12-26-24-22(15)27-23(17-7-8-17)28(24)14-19-10-9-18(13-16(19)2)20-5-3-4-6-21(20)25(29)30/h3-6,9-12,16-17H,7-8,13-14H2,1-2H3,(H,29,30). The summed E-state index contributed by atoms with van der Waals surface area (Å²) in [6.07, 6.45) is 9.35. The molecule has 0 amide bonds. The molecule has 30 heavy (non-hydrogen) atoms.